The summed E-state index contributed by atoms with van der Waals surface area (Å²) in [5.74, 6) is 0.189. The largest absolute Gasteiger partial charge is 0.497 e. The molecule has 0 atom stereocenters. The third-order valence-electron chi connectivity index (χ3n) is 3.77. The van der Waals surface area contributed by atoms with Crippen LogP contribution in [0.25, 0.3) is 0 Å². The molecular formula is C22H27N3O5. The Labute approximate surface area is 175 Å². The maximum Gasteiger partial charge on any atom is 0.408 e. The third kappa shape index (κ3) is 8.22. The molecule has 2 aromatic carbocycles. The Hall–Kier alpha value is -3.55. The first-order valence-electron chi connectivity index (χ1n) is 9.44. The summed E-state index contributed by atoms with van der Waals surface area (Å²) in [5, 5.41) is 7.85. The van der Waals surface area contributed by atoms with E-state index in [0.717, 1.165) is 11.3 Å². The number of amides is 3. The van der Waals surface area contributed by atoms with E-state index >= 15 is 0 Å². The van der Waals surface area contributed by atoms with E-state index in [1.165, 1.54) is 0 Å². The van der Waals surface area contributed by atoms with E-state index in [9.17, 15) is 14.4 Å². The number of carbonyl (C=O) groups excluding carboxylic acids is 3. The Morgan fingerprint density at radius 2 is 1.37 bits per heavy atom. The number of anilines is 2. The van der Waals surface area contributed by atoms with Crippen LogP contribution in [-0.2, 0) is 20.7 Å². The summed E-state index contributed by atoms with van der Waals surface area (Å²) in [6.07, 6.45) is -0.425. The van der Waals surface area contributed by atoms with Crippen molar-refractivity contribution in [2.24, 2.45) is 0 Å². The summed E-state index contributed by atoms with van der Waals surface area (Å²) < 4.78 is 10.2. The van der Waals surface area contributed by atoms with E-state index in [-0.39, 0.29) is 18.9 Å². The molecular weight excluding hydrogens is 386 g/mol. The molecule has 0 aliphatic heterocycles. The predicted molar refractivity (Wildman–Crippen MR) is 115 cm³/mol. The van der Waals surface area contributed by atoms with Crippen LogP contribution in [0, 0.1) is 0 Å². The number of hydrogen-bond donors (Lipinski definition) is 3. The number of benzene rings is 2. The monoisotopic (exact) mass is 413 g/mol. The zero-order valence-corrected chi connectivity index (χ0v) is 17.6. The van der Waals surface area contributed by atoms with Crippen molar-refractivity contribution < 1.29 is 23.9 Å². The van der Waals surface area contributed by atoms with Crippen molar-refractivity contribution in [2.45, 2.75) is 32.8 Å². The minimum absolute atomic E-state index is 0.154. The molecule has 0 aliphatic rings. The normalized spacial score (nSPS) is 10.7. The number of carbonyl (C=O) groups is 3. The average Bonchev–Trinajstić information content (AvgIpc) is 2.67. The summed E-state index contributed by atoms with van der Waals surface area (Å²) in [7, 11) is 1.59. The number of nitrogens with one attached hydrogen (secondary N) is 3. The average molecular weight is 413 g/mol. The maximum absolute atomic E-state index is 12.2. The molecule has 0 saturated carbocycles. The minimum atomic E-state index is -0.660. The van der Waals surface area contributed by atoms with Crippen LogP contribution in [0.4, 0.5) is 16.2 Å². The molecule has 2 rings (SSSR count). The maximum atomic E-state index is 12.2. The van der Waals surface area contributed by atoms with Gasteiger partial charge in [0.15, 0.2) is 0 Å². The van der Waals surface area contributed by atoms with Crippen LogP contribution in [0.2, 0.25) is 0 Å². The Balaban J connectivity index is 1.79. The van der Waals surface area contributed by atoms with E-state index < -0.39 is 17.6 Å². The molecule has 8 heteroatoms. The van der Waals surface area contributed by atoms with Gasteiger partial charge in [-0.2, -0.15) is 0 Å². The number of rotatable bonds is 7. The molecule has 160 valence electrons. The van der Waals surface area contributed by atoms with Crippen LogP contribution in [0.1, 0.15) is 26.3 Å². The van der Waals surface area contributed by atoms with Crippen LogP contribution in [-0.4, -0.2) is 37.2 Å². The van der Waals surface area contributed by atoms with Gasteiger partial charge in [-0.05, 0) is 62.7 Å². The molecule has 0 aliphatic carbocycles. The summed E-state index contributed by atoms with van der Waals surface area (Å²) >= 11 is 0. The Kier molecular flexibility index (Phi) is 7.80. The fraction of sp³-hybridized carbons (Fsp3) is 0.318. The van der Waals surface area contributed by atoms with Gasteiger partial charge in [0.05, 0.1) is 13.5 Å². The van der Waals surface area contributed by atoms with Gasteiger partial charge in [-0.15, -0.1) is 0 Å². The highest BCUT2D eigenvalue weighted by atomic mass is 16.6. The lowest BCUT2D eigenvalue weighted by atomic mass is 10.1. The zero-order chi connectivity index (χ0) is 22.1. The third-order valence-corrected chi connectivity index (χ3v) is 3.77. The Morgan fingerprint density at radius 3 is 1.87 bits per heavy atom. The molecule has 0 unspecified atom stereocenters. The van der Waals surface area contributed by atoms with Gasteiger partial charge >= 0.3 is 6.09 Å². The highest BCUT2D eigenvalue weighted by Gasteiger charge is 2.16. The second-order valence-electron chi connectivity index (χ2n) is 7.55. The van der Waals surface area contributed by atoms with Gasteiger partial charge in [0, 0.05) is 11.4 Å². The summed E-state index contributed by atoms with van der Waals surface area (Å²) in [6.45, 7) is 5.01. The SMILES string of the molecule is COc1ccc(CC(=O)Nc2ccc(NC(=O)CNC(=O)OC(C)(C)C)cc2)cc1. The van der Waals surface area contributed by atoms with Crippen LogP contribution in [0.3, 0.4) is 0 Å². The lowest BCUT2D eigenvalue weighted by molar-refractivity contribution is -0.116. The summed E-state index contributed by atoms with van der Waals surface area (Å²) in [6, 6.07) is 14.0. The molecule has 0 spiro atoms. The van der Waals surface area contributed by atoms with Gasteiger partial charge in [-0.3, -0.25) is 9.59 Å². The van der Waals surface area contributed by atoms with Gasteiger partial charge in [0.1, 0.15) is 17.9 Å². The van der Waals surface area contributed by atoms with Crippen molar-refractivity contribution in [1.82, 2.24) is 5.32 Å². The molecule has 0 radical (unpaired) electrons. The first-order valence-corrected chi connectivity index (χ1v) is 9.44. The molecule has 3 N–H and O–H groups in total. The quantitative estimate of drug-likeness (QED) is 0.646. The fourth-order valence-corrected chi connectivity index (χ4v) is 2.44. The summed E-state index contributed by atoms with van der Waals surface area (Å²) in [5.41, 5.74) is 1.39. The van der Waals surface area contributed by atoms with Crippen molar-refractivity contribution in [3.05, 3.63) is 54.1 Å². The van der Waals surface area contributed by atoms with E-state index in [1.807, 2.05) is 12.1 Å². The smallest absolute Gasteiger partial charge is 0.408 e. The van der Waals surface area contributed by atoms with E-state index in [0.29, 0.717) is 11.4 Å². The lowest BCUT2D eigenvalue weighted by Crippen LogP contribution is -2.37. The van der Waals surface area contributed by atoms with Crippen LogP contribution >= 0.6 is 0 Å². The van der Waals surface area contributed by atoms with Crippen molar-refractivity contribution in [3.63, 3.8) is 0 Å². The standard InChI is InChI=1S/C22H27N3O5/c1-22(2,3)30-21(28)23-14-20(27)25-17-9-7-16(8-10-17)24-19(26)13-15-5-11-18(29-4)12-6-15/h5-12H,13-14H2,1-4H3,(H,23,28)(H,24,26)(H,25,27). The number of hydrogen-bond acceptors (Lipinski definition) is 5. The van der Waals surface area contributed by atoms with Crippen LogP contribution in [0.15, 0.2) is 48.5 Å². The molecule has 2 aromatic rings. The molecule has 0 heterocycles. The molecule has 0 saturated heterocycles. The Bertz CT molecular complexity index is 871. The molecule has 3 amide bonds. The van der Waals surface area contributed by atoms with E-state index in [1.54, 1.807) is 64.3 Å². The topological polar surface area (TPSA) is 106 Å². The van der Waals surface area contributed by atoms with Crippen molar-refractivity contribution in [2.75, 3.05) is 24.3 Å². The van der Waals surface area contributed by atoms with Crippen molar-refractivity contribution in [3.8, 4) is 5.75 Å². The minimum Gasteiger partial charge on any atom is -0.497 e. The lowest BCUT2D eigenvalue weighted by Gasteiger charge is -2.19. The first-order chi connectivity index (χ1) is 14.1. The molecule has 0 fully saturated rings. The number of ether oxygens (including phenoxy) is 2. The second-order valence-corrected chi connectivity index (χ2v) is 7.55. The van der Waals surface area contributed by atoms with Crippen LogP contribution in [0.5, 0.6) is 5.75 Å². The Morgan fingerprint density at radius 1 is 0.833 bits per heavy atom. The van der Waals surface area contributed by atoms with Crippen molar-refractivity contribution in [1.29, 1.82) is 0 Å². The van der Waals surface area contributed by atoms with Gasteiger partial charge in [-0.1, -0.05) is 12.1 Å². The highest BCUT2D eigenvalue weighted by molar-refractivity contribution is 5.95. The number of alkyl carbamates (subject to hydrolysis) is 1. The van der Waals surface area contributed by atoms with Crippen molar-refractivity contribution >= 4 is 29.3 Å². The van der Waals surface area contributed by atoms with Gasteiger partial charge in [0.25, 0.3) is 0 Å². The molecule has 0 aromatic heterocycles. The molecule has 0 bridgehead atoms. The molecule has 30 heavy (non-hydrogen) atoms. The zero-order valence-electron chi connectivity index (χ0n) is 17.6. The highest BCUT2D eigenvalue weighted by Crippen LogP contribution is 2.15. The molecule has 8 nitrogen and oxygen atoms in total. The first kappa shape index (κ1) is 22.7. The van der Waals surface area contributed by atoms with E-state index in [2.05, 4.69) is 16.0 Å². The van der Waals surface area contributed by atoms with Crippen LogP contribution < -0.4 is 20.7 Å². The van der Waals surface area contributed by atoms with Gasteiger partial charge in [-0.25, -0.2) is 4.79 Å². The van der Waals surface area contributed by atoms with Gasteiger partial charge in [0.2, 0.25) is 11.8 Å². The number of methoxy groups -OCH3 is 1. The summed E-state index contributed by atoms with van der Waals surface area (Å²) in [4.78, 5) is 35.7. The van der Waals surface area contributed by atoms with E-state index in [4.69, 9.17) is 9.47 Å². The van der Waals surface area contributed by atoms with Gasteiger partial charge < -0.3 is 25.4 Å². The fourth-order valence-electron chi connectivity index (χ4n) is 2.44. The predicted octanol–water partition coefficient (Wildman–Crippen LogP) is 3.34. The second kappa shape index (κ2) is 10.3.